The van der Waals surface area contributed by atoms with Gasteiger partial charge in [0.1, 0.15) is 10.7 Å². The second kappa shape index (κ2) is 5.56. The number of hydrogen-bond donors (Lipinski definition) is 2. The summed E-state index contributed by atoms with van der Waals surface area (Å²) >= 11 is 0. The number of aliphatic hydroxyl groups excluding tert-OH is 1. The van der Waals surface area contributed by atoms with Crippen molar-refractivity contribution < 1.29 is 17.9 Å². The quantitative estimate of drug-likeness (QED) is 0.883. The van der Waals surface area contributed by atoms with Crippen molar-refractivity contribution in [3.63, 3.8) is 0 Å². The number of benzene rings is 1. The molecule has 2 atom stereocenters. The molecule has 1 aliphatic rings. The molecular formula is C13H18FNO3S. The molecule has 4 nitrogen and oxygen atoms in total. The van der Waals surface area contributed by atoms with Crippen molar-refractivity contribution >= 4 is 10.0 Å². The number of aliphatic hydroxyl groups is 1. The highest BCUT2D eigenvalue weighted by atomic mass is 32.2. The first-order valence-electron chi connectivity index (χ1n) is 6.34. The van der Waals surface area contributed by atoms with Crippen LogP contribution in [0.15, 0.2) is 23.1 Å². The van der Waals surface area contributed by atoms with Gasteiger partial charge in [-0.1, -0.05) is 12.5 Å². The Kier molecular flexibility index (Phi) is 4.23. The Morgan fingerprint density at radius 2 is 2.16 bits per heavy atom. The van der Waals surface area contributed by atoms with Crippen LogP contribution in [0.4, 0.5) is 4.39 Å². The predicted octanol–water partition coefficient (Wildman–Crippen LogP) is 1.57. The zero-order chi connectivity index (χ0) is 14.0. The zero-order valence-corrected chi connectivity index (χ0v) is 11.6. The van der Waals surface area contributed by atoms with Crippen molar-refractivity contribution in [2.75, 3.05) is 6.54 Å². The first-order chi connectivity index (χ1) is 8.90. The van der Waals surface area contributed by atoms with E-state index in [1.165, 1.54) is 12.1 Å². The maximum Gasteiger partial charge on any atom is 0.243 e. The lowest BCUT2D eigenvalue weighted by atomic mass is 10.1. The Morgan fingerprint density at radius 1 is 1.42 bits per heavy atom. The van der Waals surface area contributed by atoms with E-state index in [-0.39, 0.29) is 17.4 Å². The number of hydrogen-bond acceptors (Lipinski definition) is 3. The van der Waals surface area contributed by atoms with E-state index in [0.29, 0.717) is 12.0 Å². The second-order valence-corrected chi connectivity index (χ2v) is 6.78. The third-order valence-electron chi connectivity index (χ3n) is 3.53. The fourth-order valence-electron chi connectivity index (χ4n) is 2.37. The summed E-state index contributed by atoms with van der Waals surface area (Å²) < 4.78 is 40.0. The molecule has 2 N–H and O–H groups in total. The number of rotatable bonds is 4. The van der Waals surface area contributed by atoms with Gasteiger partial charge in [0.15, 0.2) is 0 Å². The Hall–Kier alpha value is -0.980. The van der Waals surface area contributed by atoms with E-state index in [0.717, 1.165) is 18.9 Å². The molecule has 1 saturated carbocycles. The lowest BCUT2D eigenvalue weighted by Crippen LogP contribution is -2.33. The molecule has 106 valence electrons. The highest BCUT2D eigenvalue weighted by Gasteiger charge is 2.27. The molecule has 1 aromatic rings. The topological polar surface area (TPSA) is 66.4 Å². The third kappa shape index (κ3) is 3.32. The van der Waals surface area contributed by atoms with Gasteiger partial charge in [0.25, 0.3) is 0 Å². The molecule has 0 spiro atoms. The largest absolute Gasteiger partial charge is 0.393 e. The van der Waals surface area contributed by atoms with Crippen LogP contribution in [-0.2, 0) is 10.0 Å². The lowest BCUT2D eigenvalue weighted by Gasteiger charge is -2.15. The van der Waals surface area contributed by atoms with Crippen LogP contribution >= 0.6 is 0 Å². The van der Waals surface area contributed by atoms with Gasteiger partial charge in [-0.25, -0.2) is 17.5 Å². The van der Waals surface area contributed by atoms with Gasteiger partial charge in [-0.05, 0) is 43.4 Å². The first-order valence-corrected chi connectivity index (χ1v) is 7.82. The van der Waals surface area contributed by atoms with E-state index in [9.17, 15) is 17.9 Å². The fraction of sp³-hybridized carbons (Fsp3) is 0.538. The number of sulfonamides is 1. The molecule has 0 amide bonds. The smallest absolute Gasteiger partial charge is 0.243 e. The van der Waals surface area contributed by atoms with E-state index >= 15 is 0 Å². The maximum atomic E-state index is 13.6. The molecule has 19 heavy (non-hydrogen) atoms. The summed E-state index contributed by atoms with van der Waals surface area (Å²) in [6.07, 6.45) is 1.92. The van der Waals surface area contributed by atoms with Crippen molar-refractivity contribution in [3.05, 3.63) is 29.6 Å². The molecule has 0 bridgehead atoms. The Morgan fingerprint density at radius 3 is 2.79 bits per heavy atom. The monoisotopic (exact) mass is 287 g/mol. The molecule has 0 heterocycles. The van der Waals surface area contributed by atoms with Crippen LogP contribution in [-0.4, -0.2) is 26.2 Å². The summed E-state index contributed by atoms with van der Waals surface area (Å²) in [5.74, 6) is -0.840. The third-order valence-corrected chi connectivity index (χ3v) is 4.97. The van der Waals surface area contributed by atoms with Crippen LogP contribution in [0.1, 0.15) is 24.8 Å². The molecule has 6 heteroatoms. The fourth-order valence-corrected chi connectivity index (χ4v) is 3.62. The Balaban J connectivity index is 2.12. The highest BCUT2D eigenvalue weighted by Crippen LogP contribution is 2.25. The van der Waals surface area contributed by atoms with Crippen LogP contribution in [0, 0.1) is 18.7 Å². The van der Waals surface area contributed by atoms with Gasteiger partial charge in [-0.2, -0.15) is 0 Å². The number of halogens is 1. The van der Waals surface area contributed by atoms with Crippen molar-refractivity contribution in [3.8, 4) is 0 Å². The molecule has 1 fully saturated rings. The first kappa shape index (κ1) is 14.4. The molecular weight excluding hydrogens is 269 g/mol. The van der Waals surface area contributed by atoms with E-state index in [2.05, 4.69) is 4.72 Å². The Bertz CT molecular complexity index is 559. The predicted molar refractivity (Wildman–Crippen MR) is 69.7 cm³/mol. The molecule has 0 aromatic heterocycles. The number of aryl methyl sites for hydroxylation is 1. The van der Waals surface area contributed by atoms with Crippen molar-refractivity contribution in [2.45, 2.75) is 37.2 Å². The normalized spacial score (nSPS) is 23.7. The van der Waals surface area contributed by atoms with Crippen LogP contribution in [0.2, 0.25) is 0 Å². The summed E-state index contributed by atoms with van der Waals surface area (Å²) in [6.45, 7) is 1.86. The molecule has 2 unspecified atom stereocenters. The minimum Gasteiger partial charge on any atom is -0.393 e. The van der Waals surface area contributed by atoms with E-state index in [1.54, 1.807) is 6.92 Å². The van der Waals surface area contributed by atoms with Gasteiger partial charge >= 0.3 is 0 Å². The summed E-state index contributed by atoms with van der Waals surface area (Å²) in [5.41, 5.74) is 0.683. The maximum absolute atomic E-state index is 13.6. The minimum absolute atomic E-state index is 0.0809. The van der Waals surface area contributed by atoms with Crippen LogP contribution in [0.3, 0.4) is 0 Å². The summed E-state index contributed by atoms with van der Waals surface area (Å²) in [4.78, 5) is -0.333. The average Bonchev–Trinajstić information content (AvgIpc) is 2.75. The summed E-state index contributed by atoms with van der Waals surface area (Å²) in [5, 5.41) is 9.65. The van der Waals surface area contributed by atoms with Crippen LogP contribution in [0.25, 0.3) is 0 Å². The lowest BCUT2D eigenvalue weighted by molar-refractivity contribution is 0.134. The van der Waals surface area contributed by atoms with E-state index < -0.39 is 21.9 Å². The molecule has 0 saturated heterocycles. The molecule has 1 aliphatic carbocycles. The standard InChI is InChI=1S/C13H18FNO3S/c1-9-5-6-11(14)13(7-9)19(17,18)15-8-10-3-2-4-12(10)16/h5-7,10,12,15-16H,2-4,8H2,1H3. The number of nitrogens with one attached hydrogen (secondary N) is 1. The van der Waals surface area contributed by atoms with Crippen molar-refractivity contribution in [2.24, 2.45) is 5.92 Å². The van der Waals surface area contributed by atoms with Crippen molar-refractivity contribution in [1.82, 2.24) is 4.72 Å². The highest BCUT2D eigenvalue weighted by molar-refractivity contribution is 7.89. The molecule has 0 radical (unpaired) electrons. The molecule has 0 aliphatic heterocycles. The molecule has 2 rings (SSSR count). The van der Waals surface area contributed by atoms with Gasteiger partial charge in [-0.15, -0.1) is 0 Å². The summed E-state index contributed by atoms with van der Waals surface area (Å²) in [6, 6.07) is 3.98. The Labute approximate surface area is 112 Å². The van der Waals surface area contributed by atoms with Gasteiger partial charge in [0.05, 0.1) is 6.10 Å². The van der Waals surface area contributed by atoms with Gasteiger partial charge < -0.3 is 5.11 Å². The van der Waals surface area contributed by atoms with Gasteiger partial charge in [0, 0.05) is 6.54 Å². The van der Waals surface area contributed by atoms with E-state index in [1.807, 2.05) is 0 Å². The van der Waals surface area contributed by atoms with E-state index in [4.69, 9.17) is 0 Å². The SMILES string of the molecule is Cc1ccc(F)c(S(=O)(=O)NCC2CCCC2O)c1. The summed E-state index contributed by atoms with van der Waals surface area (Å²) in [7, 11) is -3.86. The minimum atomic E-state index is -3.86. The average molecular weight is 287 g/mol. The van der Waals surface area contributed by atoms with Crippen LogP contribution < -0.4 is 4.72 Å². The second-order valence-electron chi connectivity index (χ2n) is 5.04. The van der Waals surface area contributed by atoms with Crippen molar-refractivity contribution in [1.29, 1.82) is 0 Å². The molecule has 1 aromatic carbocycles. The van der Waals surface area contributed by atoms with Crippen LogP contribution in [0.5, 0.6) is 0 Å². The zero-order valence-electron chi connectivity index (χ0n) is 10.8. The van der Waals surface area contributed by atoms with Gasteiger partial charge in [0.2, 0.25) is 10.0 Å². The van der Waals surface area contributed by atoms with Gasteiger partial charge in [-0.3, -0.25) is 0 Å².